The number of hydrogen-bond donors (Lipinski definition) is 5. The summed E-state index contributed by atoms with van der Waals surface area (Å²) >= 11 is 0. The lowest BCUT2D eigenvalue weighted by atomic mass is 9.90. The summed E-state index contributed by atoms with van der Waals surface area (Å²) in [4.78, 5) is 0. The lowest BCUT2D eigenvalue weighted by molar-refractivity contribution is -0.141. The molecule has 0 spiro atoms. The Morgan fingerprint density at radius 1 is 0.613 bits per heavy atom. The van der Waals surface area contributed by atoms with Crippen molar-refractivity contribution in [2.45, 2.75) is 25.3 Å². The van der Waals surface area contributed by atoms with Crippen LogP contribution in [0.3, 0.4) is 0 Å². The van der Waals surface area contributed by atoms with E-state index in [1.54, 1.807) is 24.3 Å². The SMILES string of the molecule is CC(O)O.F.Oc1ccc(C(c2ccc(O)cc2)C(F)(F)F)cc1.Oc1ccccc1. The van der Waals surface area contributed by atoms with Gasteiger partial charge in [-0.3, -0.25) is 4.70 Å². The summed E-state index contributed by atoms with van der Waals surface area (Å²) in [6.45, 7) is 1.28. The van der Waals surface area contributed by atoms with E-state index in [0.717, 1.165) is 0 Å². The lowest BCUT2D eigenvalue weighted by Gasteiger charge is -2.21. The number of aromatic hydroxyl groups is 3. The van der Waals surface area contributed by atoms with Crippen LogP contribution in [-0.2, 0) is 0 Å². The Morgan fingerprint density at radius 2 is 0.903 bits per heavy atom. The second-order valence-electron chi connectivity index (χ2n) is 6.13. The maximum atomic E-state index is 13.2. The molecule has 5 nitrogen and oxygen atoms in total. The second kappa shape index (κ2) is 13.1. The number of hydrogen-bond acceptors (Lipinski definition) is 5. The molecule has 0 atom stereocenters. The van der Waals surface area contributed by atoms with Gasteiger partial charge in [0, 0.05) is 0 Å². The van der Waals surface area contributed by atoms with Crippen LogP contribution in [0.15, 0.2) is 78.9 Å². The summed E-state index contributed by atoms with van der Waals surface area (Å²) in [7, 11) is 0. The summed E-state index contributed by atoms with van der Waals surface area (Å²) in [6, 6.07) is 18.5. The third kappa shape index (κ3) is 10.9. The van der Waals surface area contributed by atoms with E-state index in [1.807, 2.05) is 6.07 Å². The van der Waals surface area contributed by atoms with E-state index >= 15 is 0 Å². The van der Waals surface area contributed by atoms with Crippen molar-refractivity contribution in [1.29, 1.82) is 0 Å². The van der Waals surface area contributed by atoms with Gasteiger partial charge >= 0.3 is 6.18 Å². The lowest BCUT2D eigenvalue weighted by Crippen LogP contribution is -2.21. The smallest absolute Gasteiger partial charge is 0.399 e. The molecule has 5 N–H and O–H groups in total. The molecule has 3 aromatic rings. The Balaban J connectivity index is 0.000000621. The molecule has 0 unspecified atom stereocenters. The third-order valence-electron chi connectivity index (χ3n) is 3.54. The van der Waals surface area contributed by atoms with E-state index < -0.39 is 18.4 Å². The zero-order valence-corrected chi connectivity index (χ0v) is 16.4. The molecule has 0 amide bonds. The average molecular weight is 444 g/mol. The van der Waals surface area contributed by atoms with E-state index in [4.69, 9.17) is 25.5 Å². The minimum Gasteiger partial charge on any atom is -0.508 e. The molecule has 0 fully saturated rings. The highest BCUT2D eigenvalue weighted by Crippen LogP contribution is 2.40. The average Bonchev–Trinajstić information content (AvgIpc) is 2.65. The summed E-state index contributed by atoms with van der Waals surface area (Å²) in [5.41, 5.74) is 0.0759. The van der Waals surface area contributed by atoms with Crippen LogP contribution in [0.4, 0.5) is 17.9 Å². The fourth-order valence-corrected chi connectivity index (χ4v) is 2.33. The molecular weight excluding hydrogens is 420 g/mol. The highest BCUT2D eigenvalue weighted by molar-refractivity contribution is 5.38. The van der Waals surface area contributed by atoms with Crippen LogP contribution in [0.5, 0.6) is 17.2 Å². The van der Waals surface area contributed by atoms with Gasteiger partial charge in [-0.05, 0) is 54.4 Å². The normalized spacial score (nSPS) is 10.3. The van der Waals surface area contributed by atoms with Gasteiger partial charge in [0.1, 0.15) is 29.5 Å². The Bertz CT molecular complexity index is 804. The molecule has 170 valence electrons. The van der Waals surface area contributed by atoms with Crippen molar-refractivity contribution in [1.82, 2.24) is 0 Å². The maximum absolute atomic E-state index is 13.2. The number of aliphatic hydroxyl groups is 2. The van der Waals surface area contributed by atoms with Crippen molar-refractivity contribution in [3.8, 4) is 17.2 Å². The van der Waals surface area contributed by atoms with Gasteiger partial charge in [-0.15, -0.1) is 0 Å². The van der Waals surface area contributed by atoms with Crippen molar-refractivity contribution in [2.24, 2.45) is 0 Å². The van der Waals surface area contributed by atoms with Gasteiger partial charge in [-0.1, -0.05) is 42.5 Å². The van der Waals surface area contributed by atoms with E-state index in [1.165, 1.54) is 55.5 Å². The fraction of sp³-hybridized carbons (Fsp3) is 0.182. The highest BCUT2D eigenvalue weighted by atomic mass is 19.4. The van der Waals surface area contributed by atoms with Gasteiger partial charge in [0.25, 0.3) is 0 Å². The quantitative estimate of drug-likeness (QED) is 0.293. The van der Waals surface area contributed by atoms with Crippen molar-refractivity contribution in [3.05, 3.63) is 90.0 Å². The first-order valence-corrected chi connectivity index (χ1v) is 8.75. The van der Waals surface area contributed by atoms with E-state index in [-0.39, 0.29) is 27.3 Å². The van der Waals surface area contributed by atoms with Crippen LogP contribution in [-0.4, -0.2) is 38.0 Å². The van der Waals surface area contributed by atoms with Crippen LogP contribution in [0.2, 0.25) is 0 Å². The first-order chi connectivity index (χ1) is 14.0. The Morgan fingerprint density at radius 3 is 1.13 bits per heavy atom. The molecule has 0 saturated carbocycles. The van der Waals surface area contributed by atoms with Gasteiger partial charge in [-0.25, -0.2) is 0 Å². The minimum atomic E-state index is -4.45. The topological polar surface area (TPSA) is 101 Å². The molecule has 0 radical (unpaired) electrons. The molecule has 0 heterocycles. The Labute approximate surface area is 176 Å². The molecule has 0 bridgehead atoms. The molecule has 9 heteroatoms. The van der Waals surface area contributed by atoms with E-state index in [2.05, 4.69) is 0 Å². The van der Waals surface area contributed by atoms with Crippen molar-refractivity contribution >= 4 is 0 Å². The maximum Gasteiger partial charge on any atom is 0.399 e. The summed E-state index contributed by atoms with van der Waals surface area (Å²) in [5.74, 6) is -1.64. The zero-order valence-electron chi connectivity index (χ0n) is 16.4. The molecule has 0 aromatic heterocycles. The van der Waals surface area contributed by atoms with Gasteiger partial charge < -0.3 is 25.5 Å². The molecule has 0 aliphatic carbocycles. The summed E-state index contributed by atoms with van der Waals surface area (Å²) in [6.07, 6.45) is -5.62. The monoisotopic (exact) mass is 444 g/mol. The number of aliphatic hydroxyl groups excluding tert-OH is 1. The Hall–Kier alpha value is -3.30. The summed E-state index contributed by atoms with van der Waals surface area (Å²) in [5, 5.41) is 42.1. The second-order valence-corrected chi connectivity index (χ2v) is 6.13. The van der Waals surface area contributed by atoms with Crippen LogP contribution < -0.4 is 0 Å². The van der Waals surface area contributed by atoms with Crippen molar-refractivity contribution in [2.75, 3.05) is 0 Å². The predicted molar refractivity (Wildman–Crippen MR) is 109 cm³/mol. The number of para-hydroxylation sites is 1. The first kappa shape index (κ1) is 27.7. The molecule has 0 aliphatic rings. The molecule has 31 heavy (non-hydrogen) atoms. The highest BCUT2D eigenvalue weighted by Gasteiger charge is 2.41. The third-order valence-corrected chi connectivity index (χ3v) is 3.54. The van der Waals surface area contributed by atoms with E-state index in [0.29, 0.717) is 5.75 Å². The predicted octanol–water partition coefficient (Wildman–Crippen LogP) is 4.65. The standard InChI is InChI=1S/C14H11F3O2.C6H6O.C2H6O2.FH/c15-14(16,17)13(9-1-5-11(18)6-2-9)10-3-7-12(19)8-4-10;7-6-4-2-1-3-5-6;1-2(3)4;/h1-8,13,18-19H;1-5,7H;2-4H,1H3;1H. The summed E-state index contributed by atoms with van der Waals surface area (Å²) < 4.78 is 39.5. The molecule has 3 rings (SSSR count). The molecule has 3 aromatic carbocycles. The minimum absolute atomic E-state index is 0. The van der Waals surface area contributed by atoms with Crippen LogP contribution in [0.25, 0.3) is 0 Å². The van der Waals surface area contributed by atoms with Crippen molar-refractivity contribution < 1.29 is 43.4 Å². The van der Waals surface area contributed by atoms with Gasteiger partial charge in [-0.2, -0.15) is 13.2 Å². The largest absolute Gasteiger partial charge is 0.508 e. The number of alkyl halides is 3. The van der Waals surface area contributed by atoms with Gasteiger partial charge in [0.05, 0.1) is 0 Å². The number of benzene rings is 3. The molecular formula is C22H24F4O5. The van der Waals surface area contributed by atoms with Gasteiger partial charge in [0.2, 0.25) is 0 Å². The molecule has 0 saturated heterocycles. The first-order valence-electron chi connectivity index (χ1n) is 8.75. The fourth-order valence-electron chi connectivity index (χ4n) is 2.33. The van der Waals surface area contributed by atoms with Crippen LogP contribution in [0.1, 0.15) is 24.0 Å². The Kier molecular flexibility index (Phi) is 11.7. The van der Waals surface area contributed by atoms with Crippen LogP contribution >= 0.6 is 0 Å². The number of phenols is 3. The van der Waals surface area contributed by atoms with E-state index in [9.17, 15) is 13.2 Å². The molecule has 0 aliphatic heterocycles. The van der Waals surface area contributed by atoms with Crippen molar-refractivity contribution in [3.63, 3.8) is 0 Å². The van der Waals surface area contributed by atoms with Crippen LogP contribution in [0, 0.1) is 0 Å². The number of phenolic OH excluding ortho intramolecular Hbond substituents is 3. The zero-order chi connectivity index (χ0) is 22.7. The number of halogens is 4. The van der Waals surface area contributed by atoms with Gasteiger partial charge in [0.15, 0.2) is 0 Å². The number of rotatable bonds is 2.